The van der Waals surface area contributed by atoms with Gasteiger partial charge in [0.2, 0.25) is 5.78 Å². The minimum atomic E-state index is -2.97. The lowest BCUT2D eigenvalue weighted by Crippen LogP contribution is -2.25. The predicted molar refractivity (Wildman–Crippen MR) is 97.7 cm³/mol. The van der Waals surface area contributed by atoms with Gasteiger partial charge in [0.1, 0.15) is 17.4 Å². The maximum absolute atomic E-state index is 12.4. The molecule has 1 atom stereocenters. The third-order valence-electron chi connectivity index (χ3n) is 3.75. The summed E-state index contributed by atoms with van der Waals surface area (Å²) in [6, 6.07) is 13.9. The molecule has 0 aromatic heterocycles. The second-order valence-electron chi connectivity index (χ2n) is 5.90. The van der Waals surface area contributed by atoms with Crippen molar-refractivity contribution < 1.29 is 27.8 Å². The summed E-state index contributed by atoms with van der Waals surface area (Å²) in [7, 11) is 0. The van der Waals surface area contributed by atoms with Gasteiger partial charge in [0.25, 0.3) is 0 Å². The van der Waals surface area contributed by atoms with Crippen molar-refractivity contribution in [2.45, 2.75) is 26.6 Å². The topological polar surface area (TPSA) is 76.4 Å². The van der Waals surface area contributed by atoms with Gasteiger partial charge in [0.05, 0.1) is 0 Å². The monoisotopic (exact) mass is 385 g/mol. The van der Waals surface area contributed by atoms with E-state index in [-0.39, 0.29) is 16.9 Å². The molecule has 0 aliphatic carbocycles. The predicted octanol–water partition coefficient (Wildman–Crippen LogP) is 4.32. The Labute approximate surface area is 160 Å². The molecule has 2 aromatic rings. The van der Waals surface area contributed by atoms with Gasteiger partial charge in [0.15, 0.2) is 6.10 Å². The zero-order valence-corrected chi connectivity index (χ0v) is 15.2. The molecule has 2 aromatic carbocycles. The largest absolute Gasteiger partial charge is 0.450 e. The summed E-state index contributed by atoms with van der Waals surface area (Å²) in [5.41, 5.74) is 1.59. The number of halogens is 2. The highest BCUT2D eigenvalue weighted by Gasteiger charge is 2.22. The van der Waals surface area contributed by atoms with E-state index >= 15 is 0 Å². The van der Waals surface area contributed by atoms with Crippen LogP contribution in [0, 0.1) is 18.3 Å². The maximum atomic E-state index is 12.4. The number of benzene rings is 2. The van der Waals surface area contributed by atoms with Crippen LogP contribution in [0.25, 0.3) is 6.08 Å². The SMILES string of the molecule is Cc1ccc(/C=C(\C#N)C(=O)O[C@@H](C)C(=O)c2ccc(OC(F)F)cc2)cc1. The van der Waals surface area contributed by atoms with Crippen LogP contribution in [0.2, 0.25) is 0 Å². The maximum Gasteiger partial charge on any atom is 0.387 e. The number of carbonyl (C=O) groups is 2. The number of carbonyl (C=O) groups excluding carboxylic acids is 2. The molecule has 0 amide bonds. The molecule has 144 valence electrons. The van der Waals surface area contributed by atoms with Gasteiger partial charge in [-0.2, -0.15) is 14.0 Å². The van der Waals surface area contributed by atoms with E-state index < -0.39 is 24.5 Å². The summed E-state index contributed by atoms with van der Waals surface area (Å²) >= 11 is 0. The van der Waals surface area contributed by atoms with E-state index in [0.717, 1.165) is 5.56 Å². The van der Waals surface area contributed by atoms with Crippen molar-refractivity contribution in [1.82, 2.24) is 0 Å². The number of alkyl halides is 2. The second kappa shape index (κ2) is 9.42. The number of hydrogen-bond acceptors (Lipinski definition) is 5. The molecule has 0 saturated carbocycles. The number of ketones is 1. The molecular weight excluding hydrogens is 368 g/mol. The third kappa shape index (κ3) is 5.74. The van der Waals surface area contributed by atoms with Crippen LogP contribution in [0.15, 0.2) is 54.1 Å². The van der Waals surface area contributed by atoms with Crippen LogP contribution in [-0.2, 0) is 9.53 Å². The Kier molecular flexibility index (Phi) is 6.99. The van der Waals surface area contributed by atoms with Crippen molar-refractivity contribution in [2.75, 3.05) is 0 Å². The van der Waals surface area contributed by atoms with Crippen molar-refractivity contribution in [1.29, 1.82) is 5.26 Å². The Bertz CT molecular complexity index is 913. The van der Waals surface area contributed by atoms with E-state index in [4.69, 9.17) is 4.74 Å². The fourth-order valence-electron chi connectivity index (χ4n) is 2.28. The minimum Gasteiger partial charge on any atom is -0.450 e. The molecule has 0 aliphatic heterocycles. The molecule has 0 spiro atoms. The molecule has 0 unspecified atom stereocenters. The lowest BCUT2D eigenvalue weighted by Gasteiger charge is -2.12. The number of nitrogens with zero attached hydrogens (tertiary/aromatic N) is 1. The van der Waals surface area contributed by atoms with E-state index in [1.807, 2.05) is 19.1 Å². The summed E-state index contributed by atoms with van der Waals surface area (Å²) in [5.74, 6) is -1.56. The Morgan fingerprint density at radius 2 is 1.68 bits per heavy atom. The second-order valence-corrected chi connectivity index (χ2v) is 5.90. The first-order valence-corrected chi connectivity index (χ1v) is 8.28. The molecule has 28 heavy (non-hydrogen) atoms. The normalized spacial score (nSPS) is 12.2. The van der Waals surface area contributed by atoms with Crippen molar-refractivity contribution in [3.05, 3.63) is 70.8 Å². The zero-order chi connectivity index (χ0) is 20.7. The lowest BCUT2D eigenvalue weighted by molar-refractivity contribution is -0.141. The minimum absolute atomic E-state index is 0.0935. The summed E-state index contributed by atoms with van der Waals surface area (Å²) in [4.78, 5) is 24.6. The summed E-state index contributed by atoms with van der Waals surface area (Å²) in [5, 5.41) is 9.20. The molecule has 0 heterocycles. The first kappa shape index (κ1) is 20.8. The summed E-state index contributed by atoms with van der Waals surface area (Å²) in [6.07, 6.45) is 0.208. The fourth-order valence-corrected chi connectivity index (χ4v) is 2.28. The quantitative estimate of drug-likeness (QED) is 0.307. The highest BCUT2D eigenvalue weighted by Crippen LogP contribution is 2.17. The van der Waals surface area contributed by atoms with Crippen molar-refractivity contribution in [3.8, 4) is 11.8 Å². The van der Waals surface area contributed by atoms with Crippen LogP contribution in [0.3, 0.4) is 0 Å². The summed E-state index contributed by atoms with van der Waals surface area (Å²) in [6.45, 7) is 0.308. The molecular formula is C21H17F2NO4. The number of ether oxygens (including phenoxy) is 2. The molecule has 0 radical (unpaired) electrons. The first-order chi connectivity index (χ1) is 13.3. The van der Waals surface area contributed by atoms with Crippen LogP contribution in [0.5, 0.6) is 5.75 Å². The van der Waals surface area contributed by atoms with E-state index in [1.54, 1.807) is 18.2 Å². The van der Waals surface area contributed by atoms with E-state index in [2.05, 4.69) is 4.74 Å². The van der Waals surface area contributed by atoms with Crippen molar-refractivity contribution in [3.63, 3.8) is 0 Å². The molecule has 0 saturated heterocycles. The Hall–Kier alpha value is -3.53. The highest BCUT2D eigenvalue weighted by molar-refractivity contribution is 6.03. The van der Waals surface area contributed by atoms with Gasteiger partial charge in [-0.05, 0) is 49.8 Å². The molecule has 7 heteroatoms. The van der Waals surface area contributed by atoms with Gasteiger partial charge >= 0.3 is 12.6 Å². The molecule has 0 fully saturated rings. The van der Waals surface area contributed by atoms with Gasteiger partial charge in [-0.3, -0.25) is 4.79 Å². The van der Waals surface area contributed by atoms with Crippen LogP contribution in [0.1, 0.15) is 28.4 Å². The van der Waals surface area contributed by atoms with Gasteiger partial charge < -0.3 is 9.47 Å². The number of aryl methyl sites for hydroxylation is 1. The molecule has 5 nitrogen and oxygen atoms in total. The highest BCUT2D eigenvalue weighted by atomic mass is 19.3. The Morgan fingerprint density at radius 3 is 2.21 bits per heavy atom. The first-order valence-electron chi connectivity index (χ1n) is 8.28. The fraction of sp³-hybridized carbons (Fsp3) is 0.190. The van der Waals surface area contributed by atoms with Gasteiger partial charge in [-0.1, -0.05) is 29.8 Å². The third-order valence-corrected chi connectivity index (χ3v) is 3.75. The smallest absolute Gasteiger partial charge is 0.387 e. The van der Waals surface area contributed by atoms with E-state index in [0.29, 0.717) is 5.56 Å². The van der Waals surface area contributed by atoms with E-state index in [1.165, 1.54) is 37.3 Å². The van der Waals surface area contributed by atoms with Gasteiger partial charge in [0, 0.05) is 5.56 Å². The van der Waals surface area contributed by atoms with Crippen LogP contribution < -0.4 is 4.74 Å². The van der Waals surface area contributed by atoms with E-state index in [9.17, 15) is 23.6 Å². The average Bonchev–Trinajstić information content (AvgIpc) is 2.67. The van der Waals surface area contributed by atoms with Crippen molar-refractivity contribution >= 4 is 17.8 Å². The van der Waals surface area contributed by atoms with Crippen LogP contribution >= 0.6 is 0 Å². The molecule has 0 bridgehead atoms. The molecule has 2 rings (SSSR count). The van der Waals surface area contributed by atoms with Gasteiger partial charge in [-0.25, -0.2) is 4.79 Å². The van der Waals surface area contributed by atoms with Gasteiger partial charge in [-0.15, -0.1) is 0 Å². The standard InChI is InChI=1S/C21H17F2NO4/c1-13-3-5-15(6-4-13)11-17(12-24)20(26)27-14(2)19(25)16-7-9-18(10-8-16)28-21(22)23/h3-11,14,21H,1-2H3/b17-11+/t14-/m0/s1. The number of hydrogen-bond donors (Lipinski definition) is 0. The number of esters is 1. The average molecular weight is 385 g/mol. The number of Topliss-reactive ketones (excluding diaryl/α,β-unsaturated/α-hetero) is 1. The lowest BCUT2D eigenvalue weighted by atomic mass is 10.1. The summed E-state index contributed by atoms with van der Waals surface area (Å²) < 4.78 is 33.6. The Morgan fingerprint density at radius 1 is 1.07 bits per heavy atom. The Balaban J connectivity index is 2.06. The molecule has 0 N–H and O–H groups in total. The number of nitriles is 1. The number of rotatable bonds is 7. The van der Waals surface area contributed by atoms with Crippen LogP contribution in [0.4, 0.5) is 8.78 Å². The zero-order valence-electron chi connectivity index (χ0n) is 15.2. The molecule has 0 aliphatic rings. The van der Waals surface area contributed by atoms with Crippen molar-refractivity contribution in [2.24, 2.45) is 0 Å². The van der Waals surface area contributed by atoms with Crippen LogP contribution in [-0.4, -0.2) is 24.5 Å².